The molecule has 1 saturated carbocycles. The molecule has 0 aliphatic heterocycles. The fraction of sp³-hybridized carbons (Fsp3) is 0.357. The van der Waals surface area contributed by atoms with Crippen molar-refractivity contribution in [2.75, 3.05) is 6.26 Å². The van der Waals surface area contributed by atoms with E-state index in [1.165, 1.54) is 6.26 Å². The summed E-state index contributed by atoms with van der Waals surface area (Å²) in [6.45, 7) is 4.17. The Hall–Kier alpha value is -2.99. The molecule has 1 aromatic heterocycles. The van der Waals surface area contributed by atoms with Gasteiger partial charge in [-0.15, -0.1) is 0 Å². The Morgan fingerprint density at radius 2 is 1.64 bits per heavy atom. The van der Waals surface area contributed by atoms with E-state index in [4.69, 9.17) is 0 Å². The lowest BCUT2D eigenvalue weighted by Gasteiger charge is -2.27. The van der Waals surface area contributed by atoms with Gasteiger partial charge in [0.15, 0.2) is 9.84 Å². The van der Waals surface area contributed by atoms with Crippen LogP contribution in [0.5, 0.6) is 0 Å². The van der Waals surface area contributed by atoms with Gasteiger partial charge in [0.25, 0.3) is 0 Å². The fourth-order valence-corrected chi connectivity index (χ4v) is 5.54. The molecule has 188 valence electrons. The first-order chi connectivity index (χ1) is 17.1. The molecule has 1 amide bonds. The Labute approximate surface area is 217 Å². The average molecular weight is 522 g/mol. The highest BCUT2D eigenvalue weighted by Gasteiger charge is 2.45. The third-order valence-electron chi connectivity index (χ3n) is 6.45. The Kier molecular flexibility index (Phi) is 7.65. The molecule has 4 rings (SSSR count). The van der Waals surface area contributed by atoms with Gasteiger partial charge >= 0.3 is 0 Å². The first-order valence-electron chi connectivity index (χ1n) is 12.0. The van der Waals surface area contributed by atoms with Gasteiger partial charge in [0.1, 0.15) is 5.54 Å². The van der Waals surface area contributed by atoms with Crippen LogP contribution in [0.1, 0.15) is 50.3 Å². The van der Waals surface area contributed by atoms with Crippen molar-refractivity contribution in [3.63, 3.8) is 0 Å². The van der Waals surface area contributed by atoms with Crippen LogP contribution in [0.25, 0.3) is 11.1 Å². The van der Waals surface area contributed by atoms with Gasteiger partial charge in [-0.1, -0.05) is 50.2 Å². The SMILES string of the molecule is CC(C)C[C@H](NC(c1ccc(-c2ccc(S(C)(=O)=O)cc2)cc1)c1ccsc1)C(=O)NC1(C#N)CC1. The summed E-state index contributed by atoms with van der Waals surface area (Å²) in [7, 11) is -3.24. The minimum Gasteiger partial charge on any atom is -0.336 e. The smallest absolute Gasteiger partial charge is 0.238 e. The zero-order chi connectivity index (χ0) is 25.9. The predicted molar refractivity (Wildman–Crippen MR) is 143 cm³/mol. The molecule has 0 saturated heterocycles. The summed E-state index contributed by atoms with van der Waals surface area (Å²) in [5, 5.41) is 20.1. The summed E-state index contributed by atoms with van der Waals surface area (Å²) < 4.78 is 23.5. The topological polar surface area (TPSA) is 99.1 Å². The van der Waals surface area contributed by atoms with Crippen LogP contribution in [-0.2, 0) is 14.6 Å². The minimum atomic E-state index is -3.24. The molecule has 2 aromatic carbocycles. The Morgan fingerprint density at radius 1 is 1.03 bits per heavy atom. The number of carbonyl (C=O) groups excluding carboxylic acids is 1. The predicted octanol–water partition coefficient (Wildman–Crippen LogP) is 5.08. The van der Waals surface area contributed by atoms with E-state index in [0.29, 0.717) is 30.1 Å². The van der Waals surface area contributed by atoms with E-state index in [9.17, 15) is 18.5 Å². The number of nitrogens with one attached hydrogen (secondary N) is 2. The molecule has 1 aliphatic rings. The van der Waals surface area contributed by atoms with E-state index in [1.807, 2.05) is 41.8 Å². The molecular weight excluding hydrogens is 490 g/mol. The molecule has 8 heteroatoms. The van der Waals surface area contributed by atoms with Gasteiger partial charge in [-0.25, -0.2) is 8.42 Å². The summed E-state index contributed by atoms with van der Waals surface area (Å²) in [6.07, 6.45) is 3.25. The molecule has 1 heterocycles. The second kappa shape index (κ2) is 10.6. The minimum absolute atomic E-state index is 0.134. The molecule has 2 atom stereocenters. The summed E-state index contributed by atoms with van der Waals surface area (Å²) >= 11 is 1.61. The molecule has 1 fully saturated rings. The second-order valence-corrected chi connectivity index (χ2v) is 12.7. The van der Waals surface area contributed by atoms with Crippen molar-refractivity contribution in [3.05, 3.63) is 76.5 Å². The standard InChI is InChI=1S/C28H31N3O3S2/c1-19(2)16-25(27(32)31-28(18-29)13-14-28)30-26(23-12-15-35-17-23)22-6-4-20(5-7-22)21-8-10-24(11-9-21)36(3,33)34/h4-12,15,17,19,25-26,30H,13-14,16H2,1-3H3,(H,31,32)/t25-,26?/m0/s1. The fourth-order valence-electron chi connectivity index (χ4n) is 4.22. The van der Waals surface area contributed by atoms with E-state index in [0.717, 1.165) is 22.3 Å². The van der Waals surface area contributed by atoms with Crippen LogP contribution >= 0.6 is 11.3 Å². The van der Waals surface area contributed by atoms with E-state index in [-0.39, 0.29) is 11.9 Å². The lowest BCUT2D eigenvalue weighted by Crippen LogP contribution is -2.50. The van der Waals surface area contributed by atoms with Gasteiger partial charge in [-0.05, 0) is 76.4 Å². The number of hydrogen-bond acceptors (Lipinski definition) is 6. The number of nitriles is 1. The quantitative estimate of drug-likeness (QED) is 0.387. The molecule has 0 spiro atoms. The number of benzene rings is 2. The number of nitrogens with zero attached hydrogens (tertiary/aromatic N) is 1. The molecule has 0 radical (unpaired) electrons. The van der Waals surface area contributed by atoms with Crippen LogP contribution in [0.3, 0.4) is 0 Å². The number of carbonyl (C=O) groups is 1. The number of thiophene rings is 1. The molecule has 3 aromatic rings. The third-order valence-corrected chi connectivity index (χ3v) is 8.28. The van der Waals surface area contributed by atoms with Gasteiger partial charge in [-0.3, -0.25) is 10.1 Å². The van der Waals surface area contributed by atoms with Crippen molar-refractivity contribution in [1.29, 1.82) is 5.26 Å². The maximum absolute atomic E-state index is 13.2. The lowest BCUT2D eigenvalue weighted by atomic mass is 9.95. The molecule has 36 heavy (non-hydrogen) atoms. The van der Waals surface area contributed by atoms with Gasteiger partial charge in [0.05, 0.1) is 23.0 Å². The van der Waals surface area contributed by atoms with E-state index in [1.54, 1.807) is 23.5 Å². The maximum Gasteiger partial charge on any atom is 0.238 e. The van der Waals surface area contributed by atoms with Crippen molar-refractivity contribution in [2.45, 2.75) is 55.6 Å². The zero-order valence-electron chi connectivity index (χ0n) is 20.7. The van der Waals surface area contributed by atoms with Gasteiger partial charge in [0.2, 0.25) is 5.91 Å². The lowest BCUT2D eigenvalue weighted by molar-refractivity contribution is -0.124. The number of rotatable bonds is 10. The van der Waals surface area contributed by atoms with Gasteiger partial charge in [0, 0.05) is 6.26 Å². The van der Waals surface area contributed by atoms with Crippen molar-refractivity contribution in [1.82, 2.24) is 10.6 Å². The molecule has 2 N–H and O–H groups in total. The summed E-state index contributed by atoms with van der Waals surface area (Å²) in [4.78, 5) is 13.5. The largest absolute Gasteiger partial charge is 0.336 e. The van der Waals surface area contributed by atoms with Crippen molar-refractivity contribution >= 4 is 27.1 Å². The van der Waals surface area contributed by atoms with Crippen molar-refractivity contribution in [2.24, 2.45) is 5.92 Å². The Bertz CT molecular complexity index is 1340. The molecule has 1 unspecified atom stereocenters. The van der Waals surface area contributed by atoms with Crippen molar-refractivity contribution < 1.29 is 13.2 Å². The van der Waals surface area contributed by atoms with Crippen molar-refractivity contribution in [3.8, 4) is 17.2 Å². The molecule has 0 bridgehead atoms. The zero-order valence-corrected chi connectivity index (χ0v) is 22.3. The summed E-state index contributed by atoms with van der Waals surface area (Å²) in [6, 6.07) is 18.6. The number of hydrogen-bond donors (Lipinski definition) is 2. The normalized spacial score (nSPS) is 16.2. The Morgan fingerprint density at radius 3 is 2.11 bits per heavy atom. The third kappa shape index (κ3) is 6.22. The van der Waals surface area contributed by atoms with Crippen LogP contribution in [-0.4, -0.2) is 32.2 Å². The summed E-state index contributed by atoms with van der Waals surface area (Å²) in [5.41, 5.74) is 3.29. The summed E-state index contributed by atoms with van der Waals surface area (Å²) in [5.74, 6) is 0.163. The maximum atomic E-state index is 13.2. The number of sulfone groups is 1. The highest BCUT2D eigenvalue weighted by atomic mass is 32.2. The molecular formula is C28H31N3O3S2. The number of amides is 1. The van der Waals surface area contributed by atoms with E-state index in [2.05, 4.69) is 42.0 Å². The van der Waals surface area contributed by atoms with E-state index < -0.39 is 21.4 Å². The monoisotopic (exact) mass is 521 g/mol. The molecule has 6 nitrogen and oxygen atoms in total. The second-order valence-electron chi connectivity index (χ2n) is 9.94. The van der Waals surface area contributed by atoms with Crippen LogP contribution in [0.4, 0.5) is 0 Å². The van der Waals surface area contributed by atoms with Crippen LogP contribution in [0.15, 0.2) is 70.3 Å². The average Bonchev–Trinajstić information content (AvgIpc) is 3.41. The van der Waals surface area contributed by atoms with Crippen LogP contribution < -0.4 is 10.6 Å². The Balaban J connectivity index is 1.59. The highest BCUT2D eigenvalue weighted by molar-refractivity contribution is 7.90. The van der Waals surface area contributed by atoms with Gasteiger partial charge < -0.3 is 5.32 Å². The van der Waals surface area contributed by atoms with E-state index >= 15 is 0 Å². The van der Waals surface area contributed by atoms with Gasteiger partial charge in [-0.2, -0.15) is 16.6 Å². The highest BCUT2D eigenvalue weighted by Crippen LogP contribution is 2.35. The first kappa shape index (κ1) is 26.1. The first-order valence-corrected chi connectivity index (χ1v) is 14.9. The van der Waals surface area contributed by atoms with Crippen LogP contribution in [0.2, 0.25) is 0 Å². The molecule has 1 aliphatic carbocycles. The van der Waals surface area contributed by atoms with Crippen LogP contribution in [0, 0.1) is 17.2 Å².